The third-order valence-electron chi connectivity index (χ3n) is 2.19. The SMILES string of the molecule is C=CC/C(=C\[Si](C)(C)C)c1ccc(F)cc1. The number of halogens is 1. The first kappa shape index (κ1) is 12.9. The standard InChI is InChI=1S/C14H19FSi/c1-5-6-13(11-16(2,3)4)12-7-9-14(15)10-8-12/h5,7-11H,1,6H2,2-4H3/b13-11+. The van der Waals surface area contributed by atoms with Gasteiger partial charge in [-0.25, -0.2) is 4.39 Å². The molecule has 86 valence electrons. The second kappa shape index (κ2) is 5.26. The minimum absolute atomic E-state index is 0.185. The highest BCUT2D eigenvalue weighted by atomic mass is 28.3. The van der Waals surface area contributed by atoms with Crippen LogP contribution in [0.3, 0.4) is 0 Å². The molecule has 0 nitrogen and oxygen atoms in total. The van der Waals surface area contributed by atoms with E-state index in [0.717, 1.165) is 12.0 Å². The molecule has 2 heteroatoms. The molecular formula is C14H19FSi. The van der Waals surface area contributed by atoms with Crippen molar-refractivity contribution in [2.75, 3.05) is 0 Å². The summed E-state index contributed by atoms with van der Waals surface area (Å²) in [5.41, 5.74) is 4.71. The van der Waals surface area contributed by atoms with E-state index in [1.165, 1.54) is 17.7 Å². The molecule has 0 aliphatic carbocycles. The molecule has 0 bridgehead atoms. The van der Waals surface area contributed by atoms with Crippen LogP contribution in [0.15, 0.2) is 42.6 Å². The summed E-state index contributed by atoms with van der Waals surface area (Å²) in [7, 11) is -1.26. The molecule has 1 rings (SSSR count). The maximum atomic E-state index is 12.8. The molecule has 0 saturated heterocycles. The molecule has 0 aliphatic heterocycles. The highest BCUT2D eigenvalue weighted by Gasteiger charge is 2.11. The van der Waals surface area contributed by atoms with Crippen molar-refractivity contribution in [1.29, 1.82) is 0 Å². The van der Waals surface area contributed by atoms with Gasteiger partial charge in [0, 0.05) is 0 Å². The Morgan fingerprint density at radius 3 is 2.25 bits per heavy atom. The zero-order valence-corrected chi connectivity index (χ0v) is 11.3. The van der Waals surface area contributed by atoms with Crippen molar-refractivity contribution in [2.45, 2.75) is 26.1 Å². The molecule has 0 saturated carbocycles. The largest absolute Gasteiger partial charge is 0.207 e. The molecule has 0 heterocycles. The van der Waals surface area contributed by atoms with Gasteiger partial charge in [-0.05, 0) is 29.7 Å². The molecule has 1 aromatic carbocycles. The number of rotatable bonds is 4. The van der Waals surface area contributed by atoms with E-state index < -0.39 is 8.07 Å². The highest BCUT2D eigenvalue weighted by Crippen LogP contribution is 2.22. The van der Waals surface area contributed by atoms with Crippen molar-refractivity contribution < 1.29 is 4.39 Å². The minimum atomic E-state index is -1.26. The van der Waals surface area contributed by atoms with Crippen molar-refractivity contribution in [2.24, 2.45) is 0 Å². The maximum Gasteiger partial charge on any atom is 0.123 e. The first-order chi connectivity index (χ1) is 7.42. The van der Waals surface area contributed by atoms with E-state index in [0.29, 0.717) is 0 Å². The molecule has 1 aromatic rings. The Labute approximate surface area is 98.5 Å². The number of allylic oxidation sites excluding steroid dienone is 2. The minimum Gasteiger partial charge on any atom is -0.207 e. The van der Waals surface area contributed by atoms with Crippen LogP contribution in [0, 0.1) is 5.82 Å². The molecule has 0 radical (unpaired) electrons. The normalized spacial score (nSPS) is 12.6. The molecule has 0 amide bonds. The van der Waals surface area contributed by atoms with Gasteiger partial charge in [-0.2, -0.15) is 0 Å². The van der Waals surface area contributed by atoms with Crippen LogP contribution >= 0.6 is 0 Å². The van der Waals surface area contributed by atoms with E-state index in [1.807, 2.05) is 18.2 Å². The lowest BCUT2D eigenvalue weighted by atomic mass is 10.0. The third-order valence-corrected chi connectivity index (χ3v) is 3.40. The summed E-state index contributed by atoms with van der Waals surface area (Å²) in [5, 5.41) is 0. The van der Waals surface area contributed by atoms with Gasteiger partial charge in [0.15, 0.2) is 0 Å². The van der Waals surface area contributed by atoms with Crippen LogP contribution in [0.2, 0.25) is 19.6 Å². The molecule has 16 heavy (non-hydrogen) atoms. The Kier molecular flexibility index (Phi) is 4.24. The van der Waals surface area contributed by atoms with Gasteiger partial charge in [-0.3, -0.25) is 0 Å². The van der Waals surface area contributed by atoms with Crippen LogP contribution in [0.25, 0.3) is 5.57 Å². The van der Waals surface area contributed by atoms with Crippen molar-refractivity contribution in [3.05, 3.63) is 54.0 Å². The lowest BCUT2D eigenvalue weighted by Crippen LogP contribution is -2.16. The van der Waals surface area contributed by atoms with E-state index >= 15 is 0 Å². The quantitative estimate of drug-likeness (QED) is 0.525. The summed E-state index contributed by atoms with van der Waals surface area (Å²) >= 11 is 0. The summed E-state index contributed by atoms with van der Waals surface area (Å²) in [6.07, 6.45) is 2.74. The van der Waals surface area contributed by atoms with Gasteiger partial charge in [-0.15, -0.1) is 6.58 Å². The second-order valence-electron chi connectivity index (χ2n) is 5.04. The van der Waals surface area contributed by atoms with Gasteiger partial charge < -0.3 is 0 Å². The van der Waals surface area contributed by atoms with Gasteiger partial charge in [0.1, 0.15) is 5.82 Å². The molecule has 0 N–H and O–H groups in total. The molecule has 0 unspecified atom stereocenters. The average molecular weight is 234 g/mol. The first-order valence-electron chi connectivity index (χ1n) is 5.51. The zero-order valence-electron chi connectivity index (χ0n) is 10.3. The Morgan fingerprint density at radius 1 is 1.25 bits per heavy atom. The Balaban J connectivity index is 3.07. The number of hydrogen-bond acceptors (Lipinski definition) is 0. The fourth-order valence-corrected chi connectivity index (χ4v) is 2.93. The van der Waals surface area contributed by atoms with Crippen molar-refractivity contribution in [1.82, 2.24) is 0 Å². The Hall–Kier alpha value is -1.15. The molecule has 0 atom stereocenters. The van der Waals surface area contributed by atoms with Gasteiger partial charge in [-0.1, -0.05) is 43.5 Å². The van der Waals surface area contributed by atoms with Gasteiger partial charge in [0.05, 0.1) is 8.07 Å². The van der Waals surface area contributed by atoms with E-state index in [-0.39, 0.29) is 5.82 Å². The zero-order chi connectivity index (χ0) is 12.2. The highest BCUT2D eigenvalue weighted by molar-refractivity contribution is 6.81. The summed E-state index contributed by atoms with van der Waals surface area (Å²) in [5.74, 6) is -0.185. The Bertz CT molecular complexity index is 382. The molecule has 0 aromatic heterocycles. The first-order valence-corrected chi connectivity index (χ1v) is 9.09. The fourth-order valence-electron chi connectivity index (χ4n) is 1.60. The number of hydrogen-bond donors (Lipinski definition) is 0. The summed E-state index contributed by atoms with van der Waals surface area (Å²) in [6, 6.07) is 6.70. The number of benzene rings is 1. The third kappa shape index (κ3) is 4.15. The predicted molar refractivity (Wildman–Crippen MR) is 72.5 cm³/mol. The van der Waals surface area contributed by atoms with Crippen LogP contribution < -0.4 is 0 Å². The van der Waals surface area contributed by atoms with Gasteiger partial charge >= 0.3 is 0 Å². The van der Waals surface area contributed by atoms with E-state index in [4.69, 9.17) is 0 Å². The van der Waals surface area contributed by atoms with Gasteiger partial charge in [0.2, 0.25) is 0 Å². The molecule has 0 spiro atoms. The van der Waals surface area contributed by atoms with Crippen LogP contribution in [0.4, 0.5) is 4.39 Å². The van der Waals surface area contributed by atoms with E-state index in [2.05, 4.69) is 31.9 Å². The van der Waals surface area contributed by atoms with Crippen LogP contribution in [0.1, 0.15) is 12.0 Å². The lowest BCUT2D eigenvalue weighted by Gasteiger charge is -2.14. The van der Waals surface area contributed by atoms with E-state index in [1.54, 1.807) is 0 Å². The van der Waals surface area contributed by atoms with Crippen molar-refractivity contribution in [3.63, 3.8) is 0 Å². The molecular weight excluding hydrogens is 215 g/mol. The van der Waals surface area contributed by atoms with Crippen LogP contribution in [0.5, 0.6) is 0 Å². The Morgan fingerprint density at radius 2 is 1.81 bits per heavy atom. The van der Waals surface area contributed by atoms with Crippen molar-refractivity contribution >= 4 is 13.6 Å². The van der Waals surface area contributed by atoms with Crippen LogP contribution in [-0.4, -0.2) is 8.07 Å². The monoisotopic (exact) mass is 234 g/mol. The average Bonchev–Trinajstić information content (AvgIpc) is 2.16. The molecule has 0 fully saturated rings. The summed E-state index contributed by atoms with van der Waals surface area (Å²) < 4.78 is 12.8. The second-order valence-corrected chi connectivity index (χ2v) is 10.1. The van der Waals surface area contributed by atoms with Crippen LogP contribution in [-0.2, 0) is 0 Å². The maximum absolute atomic E-state index is 12.8. The van der Waals surface area contributed by atoms with Gasteiger partial charge in [0.25, 0.3) is 0 Å². The predicted octanol–water partition coefficient (Wildman–Crippen LogP) is 4.66. The summed E-state index contributed by atoms with van der Waals surface area (Å²) in [6.45, 7) is 10.6. The lowest BCUT2D eigenvalue weighted by molar-refractivity contribution is 0.627. The van der Waals surface area contributed by atoms with E-state index in [9.17, 15) is 4.39 Å². The summed E-state index contributed by atoms with van der Waals surface area (Å²) in [4.78, 5) is 0. The smallest absolute Gasteiger partial charge is 0.123 e. The van der Waals surface area contributed by atoms with Crippen molar-refractivity contribution in [3.8, 4) is 0 Å². The fraction of sp³-hybridized carbons (Fsp3) is 0.286. The molecule has 0 aliphatic rings. The topological polar surface area (TPSA) is 0 Å².